The molecule has 4 heterocycles. The van der Waals surface area contributed by atoms with Crippen LogP contribution in [0, 0.1) is 0 Å². The third kappa shape index (κ3) is 4.50. The number of aromatic nitrogens is 1. The molecule has 2 aliphatic heterocycles. The van der Waals surface area contributed by atoms with Crippen LogP contribution in [0.2, 0.25) is 0 Å². The van der Waals surface area contributed by atoms with Crippen molar-refractivity contribution in [2.75, 3.05) is 4.90 Å². The van der Waals surface area contributed by atoms with Crippen molar-refractivity contribution in [3.63, 3.8) is 0 Å². The maximum absolute atomic E-state index is 2.69. The van der Waals surface area contributed by atoms with E-state index in [1.807, 2.05) is 11.3 Å². The van der Waals surface area contributed by atoms with E-state index in [1.54, 1.807) is 0 Å². The molecule has 2 nitrogen and oxygen atoms in total. The fourth-order valence-corrected chi connectivity index (χ4v) is 15.5. The van der Waals surface area contributed by atoms with Gasteiger partial charge in [-0.2, -0.15) is 0 Å². The van der Waals surface area contributed by atoms with Crippen LogP contribution in [0.25, 0.3) is 135 Å². The van der Waals surface area contributed by atoms with Crippen molar-refractivity contribution in [3.8, 4) is 5.69 Å². The third-order valence-electron chi connectivity index (χ3n) is 16.8. The van der Waals surface area contributed by atoms with Gasteiger partial charge in [0.05, 0.1) is 22.4 Å². The van der Waals surface area contributed by atoms with Gasteiger partial charge in [-0.15, -0.1) is 11.3 Å². The molecule has 0 unspecified atom stereocenters. The van der Waals surface area contributed by atoms with Gasteiger partial charge in [0.15, 0.2) is 0 Å². The first-order chi connectivity index (χ1) is 35.8. The molecule has 14 aromatic carbocycles. The van der Waals surface area contributed by atoms with Gasteiger partial charge in [0.25, 0.3) is 6.71 Å². The topological polar surface area (TPSA) is 8.17 Å². The molecule has 0 amide bonds. The molecule has 0 bridgehead atoms. The molecular formula is C68H37BN2S. The highest BCUT2D eigenvalue weighted by Gasteiger charge is 2.45. The van der Waals surface area contributed by atoms with Gasteiger partial charge in [-0.05, 0) is 122 Å². The predicted molar refractivity (Wildman–Crippen MR) is 313 cm³/mol. The van der Waals surface area contributed by atoms with Crippen LogP contribution in [0.5, 0.6) is 0 Å². The summed E-state index contributed by atoms with van der Waals surface area (Å²) >= 11 is 1.98. The zero-order chi connectivity index (χ0) is 46.5. The van der Waals surface area contributed by atoms with E-state index in [0.717, 1.165) is 0 Å². The lowest BCUT2D eigenvalue weighted by Gasteiger charge is -2.39. The average molecular weight is 925 g/mol. The van der Waals surface area contributed by atoms with Crippen LogP contribution in [-0.4, -0.2) is 11.3 Å². The van der Waals surface area contributed by atoms with E-state index < -0.39 is 0 Å². The first-order valence-corrected chi connectivity index (χ1v) is 25.9. The minimum Gasteiger partial charge on any atom is -0.310 e. The Hall–Kier alpha value is -8.96. The standard InChI is InChI=1S/C68H37BN2S/c1-4-20-42-38(17-1)41-21-7-10-26-47(41)60-48(42)30-15-31-55(60)70-57-32-16-33-58-65(57)69(68-66(70)52-29-13-14-34-59(52)72-68)54-37-53-46-25-6-3-19-40(46)44-23-9-12-28-50(44)62(53)64-63-56(71(58)67(54)64)36-35-51-45-24-5-2-18-39(45)43-22-8-11-27-49(43)61(51)63/h1-37H. The van der Waals surface area contributed by atoms with E-state index in [1.165, 1.54) is 167 Å². The summed E-state index contributed by atoms with van der Waals surface area (Å²) < 4.78 is 5.38. The van der Waals surface area contributed by atoms with Gasteiger partial charge in [0.2, 0.25) is 0 Å². The second-order valence-electron chi connectivity index (χ2n) is 20.1. The number of rotatable bonds is 1. The van der Waals surface area contributed by atoms with E-state index >= 15 is 0 Å². The molecular weight excluding hydrogens is 888 g/mol. The summed E-state index contributed by atoms with van der Waals surface area (Å²) in [5.41, 5.74) is 10.3. The number of anilines is 3. The zero-order valence-electron chi connectivity index (χ0n) is 38.7. The van der Waals surface area contributed by atoms with Crippen molar-refractivity contribution in [1.29, 1.82) is 0 Å². The Morgan fingerprint density at radius 3 is 1.31 bits per heavy atom. The molecule has 0 atom stereocenters. The number of fused-ring (bicyclic) bond motifs is 29. The lowest BCUT2D eigenvalue weighted by atomic mass is 9.36. The van der Waals surface area contributed by atoms with E-state index in [4.69, 9.17) is 0 Å². The molecule has 0 spiro atoms. The van der Waals surface area contributed by atoms with Crippen LogP contribution >= 0.6 is 11.3 Å². The fourth-order valence-electron chi connectivity index (χ4n) is 14.2. The molecule has 0 fully saturated rings. The molecule has 2 aliphatic rings. The summed E-state index contributed by atoms with van der Waals surface area (Å²) in [5, 5.41) is 27.3. The van der Waals surface area contributed by atoms with Crippen LogP contribution < -0.4 is 20.6 Å². The molecule has 2 aromatic heterocycles. The molecule has 0 saturated heterocycles. The Morgan fingerprint density at radius 1 is 0.306 bits per heavy atom. The minimum atomic E-state index is -0.0230. The van der Waals surface area contributed by atoms with Crippen LogP contribution in [-0.2, 0) is 0 Å². The summed E-state index contributed by atoms with van der Waals surface area (Å²) in [4.78, 5) is 2.67. The van der Waals surface area contributed by atoms with Crippen molar-refractivity contribution in [3.05, 3.63) is 224 Å². The van der Waals surface area contributed by atoms with Crippen molar-refractivity contribution < 1.29 is 0 Å². The first kappa shape index (κ1) is 37.9. The quantitative estimate of drug-likeness (QED) is 0.118. The summed E-state index contributed by atoms with van der Waals surface area (Å²) in [7, 11) is 0. The smallest absolute Gasteiger partial charge is 0.264 e. The Bertz CT molecular complexity index is 5120. The summed E-state index contributed by atoms with van der Waals surface area (Å²) in [6, 6.07) is 85.3. The van der Waals surface area contributed by atoms with Crippen LogP contribution in [0.3, 0.4) is 0 Å². The highest BCUT2D eigenvalue weighted by molar-refractivity contribution is 7.33. The maximum atomic E-state index is 2.69. The summed E-state index contributed by atoms with van der Waals surface area (Å²) in [6.45, 7) is -0.0230. The Kier molecular flexibility index (Phi) is 7.08. The van der Waals surface area contributed by atoms with Gasteiger partial charge < -0.3 is 9.47 Å². The lowest BCUT2D eigenvalue weighted by Crippen LogP contribution is -2.59. The molecule has 0 aliphatic carbocycles. The number of nitrogens with zero attached hydrogens (tertiary/aromatic N) is 2. The number of benzene rings is 14. The summed E-state index contributed by atoms with van der Waals surface area (Å²) in [5.74, 6) is 0. The number of hydrogen-bond donors (Lipinski definition) is 0. The highest BCUT2D eigenvalue weighted by Crippen LogP contribution is 2.53. The molecule has 4 heteroatoms. The van der Waals surface area contributed by atoms with Crippen molar-refractivity contribution in [1.82, 2.24) is 4.57 Å². The van der Waals surface area contributed by atoms with Gasteiger partial charge in [-0.3, -0.25) is 0 Å². The van der Waals surface area contributed by atoms with Crippen molar-refractivity contribution in [2.24, 2.45) is 0 Å². The van der Waals surface area contributed by atoms with Crippen molar-refractivity contribution in [2.45, 2.75) is 0 Å². The first-order valence-electron chi connectivity index (χ1n) is 25.1. The molecule has 0 radical (unpaired) electrons. The second-order valence-corrected chi connectivity index (χ2v) is 21.2. The van der Waals surface area contributed by atoms with Crippen LogP contribution in [0.1, 0.15) is 0 Å². The van der Waals surface area contributed by atoms with Crippen LogP contribution in [0.4, 0.5) is 17.1 Å². The van der Waals surface area contributed by atoms with Gasteiger partial charge in [0.1, 0.15) is 0 Å². The fraction of sp³-hybridized carbons (Fsp3) is 0. The van der Waals surface area contributed by atoms with Crippen molar-refractivity contribution >= 4 is 180 Å². The number of thiophene rings is 1. The largest absolute Gasteiger partial charge is 0.310 e. The van der Waals surface area contributed by atoms with Gasteiger partial charge in [-0.1, -0.05) is 194 Å². The zero-order valence-corrected chi connectivity index (χ0v) is 39.6. The minimum absolute atomic E-state index is 0.0230. The average Bonchev–Trinajstić information content (AvgIpc) is 4.01. The van der Waals surface area contributed by atoms with Gasteiger partial charge >= 0.3 is 0 Å². The third-order valence-corrected chi connectivity index (χ3v) is 18.1. The molecule has 16 aromatic rings. The SMILES string of the molecule is c1cc2c3c(c1)-n1c4ccc5c6ccccc6c6ccccc6c5c4c4c5c6ccccc6c6ccccc6c5cc(c41)B3c1sc3ccccc3c1N2c1cccc2c3ccccc3c3ccccc3c12. The predicted octanol–water partition coefficient (Wildman–Crippen LogP) is 17.0. The summed E-state index contributed by atoms with van der Waals surface area (Å²) in [6.07, 6.45) is 0. The van der Waals surface area contributed by atoms with E-state index in [9.17, 15) is 0 Å². The second kappa shape index (κ2) is 13.5. The lowest BCUT2D eigenvalue weighted by molar-refractivity contribution is 1.18. The molecule has 72 heavy (non-hydrogen) atoms. The maximum Gasteiger partial charge on any atom is 0.264 e. The van der Waals surface area contributed by atoms with Gasteiger partial charge in [0, 0.05) is 53.2 Å². The van der Waals surface area contributed by atoms with Gasteiger partial charge in [-0.25, -0.2) is 0 Å². The van der Waals surface area contributed by atoms with E-state index in [0.29, 0.717) is 0 Å². The molecule has 0 N–H and O–H groups in total. The van der Waals surface area contributed by atoms with Crippen LogP contribution in [0.15, 0.2) is 224 Å². The Labute approximate surface area is 416 Å². The Balaban J connectivity index is 1.09. The molecule has 328 valence electrons. The highest BCUT2D eigenvalue weighted by atomic mass is 32.1. The molecule has 0 saturated carbocycles. The van der Waals surface area contributed by atoms with E-state index in [2.05, 4.69) is 234 Å². The Morgan fingerprint density at radius 2 is 0.722 bits per heavy atom. The monoisotopic (exact) mass is 924 g/mol. The number of hydrogen-bond acceptors (Lipinski definition) is 2. The van der Waals surface area contributed by atoms with E-state index in [-0.39, 0.29) is 6.71 Å². The molecule has 18 rings (SSSR count). The normalized spacial score (nSPS) is 13.2.